The summed E-state index contributed by atoms with van der Waals surface area (Å²) in [6.07, 6.45) is 3.95. The molecule has 7 heteroatoms. The quantitative estimate of drug-likeness (QED) is 0.400. The highest BCUT2D eigenvalue weighted by Crippen LogP contribution is 2.26. The van der Waals surface area contributed by atoms with Crippen molar-refractivity contribution in [3.63, 3.8) is 0 Å². The number of nitrogens with zero attached hydrogens (tertiary/aromatic N) is 2. The van der Waals surface area contributed by atoms with Crippen molar-refractivity contribution in [3.8, 4) is 0 Å². The molecule has 1 unspecified atom stereocenters. The lowest BCUT2D eigenvalue weighted by Crippen LogP contribution is -2.44. The Bertz CT molecular complexity index is 562. The molecular weight excluding hydrogens is 338 g/mol. The largest absolute Gasteiger partial charge is 0.385 e. The lowest BCUT2D eigenvalue weighted by Gasteiger charge is -2.21. The van der Waals surface area contributed by atoms with Gasteiger partial charge in [0.25, 0.3) is 0 Å². The summed E-state index contributed by atoms with van der Waals surface area (Å²) in [6.45, 7) is 5.49. The number of methoxy groups -OCH3 is 1. The molecule has 0 spiro atoms. The van der Waals surface area contributed by atoms with Crippen molar-refractivity contribution in [1.82, 2.24) is 10.6 Å². The summed E-state index contributed by atoms with van der Waals surface area (Å²) in [5.41, 5.74) is 0.0666. The van der Waals surface area contributed by atoms with Crippen molar-refractivity contribution in [2.45, 2.75) is 38.6 Å². The Morgan fingerprint density at radius 2 is 2.04 bits per heavy atom. The summed E-state index contributed by atoms with van der Waals surface area (Å²) in [7, 11) is 1.71. The van der Waals surface area contributed by atoms with E-state index in [1.807, 2.05) is 6.92 Å². The molecule has 0 saturated carbocycles. The van der Waals surface area contributed by atoms with Crippen molar-refractivity contribution in [3.05, 3.63) is 29.8 Å². The number of benzene rings is 1. The number of unbranched alkanes of at least 4 members (excludes halogenated alkanes) is 2. The SMILES string of the molecule is CCNC(=NCCCCCOC)NC1CCN(c2c(F)cccc2F)C1. The molecule has 0 radical (unpaired) electrons. The number of rotatable bonds is 9. The Balaban J connectivity index is 1.86. The van der Waals surface area contributed by atoms with E-state index in [0.717, 1.165) is 51.3 Å². The Morgan fingerprint density at radius 3 is 2.73 bits per heavy atom. The van der Waals surface area contributed by atoms with Crippen LogP contribution in [0.1, 0.15) is 32.6 Å². The molecule has 1 heterocycles. The number of ether oxygens (including phenoxy) is 1. The minimum atomic E-state index is -0.512. The molecule has 0 aromatic heterocycles. The minimum absolute atomic E-state index is 0.0666. The molecular formula is C19H30F2N4O. The average Bonchev–Trinajstić information content (AvgIpc) is 3.06. The first-order chi connectivity index (χ1) is 12.7. The predicted molar refractivity (Wildman–Crippen MR) is 102 cm³/mol. The van der Waals surface area contributed by atoms with E-state index in [2.05, 4.69) is 15.6 Å². The van der Waals surface area contributed by atoms with Gasteiger partial charge in [0, 0.05) is 45.9 Å². The summed E-state index contributed by atoms with van der Waals surface area (Å²) in [5.74, 6) is -0.260. The summed E-state index contributed by atoms with van der Waals surface area (Å²) in [5, 5.41) is 6.62. The third-order valence-corrected chi connectivity index (χ3v) is 4.40. The molecule has 1 atom stereocenters. The van der Waals surface area contributed by atoms with E-state index in [1.54, 1.807) is 12.0 Å². The van der Waals surface area contributed by atoms with Crippen molar-refractivity contribution in [2.75, 3.05) is 44.8 Å². The lowest BCUT2D eigenvalue weighted by atomic mass is 10.2. The normalized spacial score (nSPS) is 17.6. The Hall–Kier alpha value is -1.89. The van der Waals surface area contributed by atoms with Crippen LogP contribution in [0.5, 0.6) is 0 Å². The summed E-state index contributed by atoms with van der Waals surface area (Å²) >= 11 is 0. The Morgan fingerprint density at radius 1 is 1.27 bits per heavy atom. The molecule has 1 aromatic carbocycles. The van der Waals surface area contributed by atoms with Gasteiger partial charge in [0.1, 0.15) is 17.3 Å². The monoisotopic (exact) mass is 368 g/mol. The smallest absolute Gasteiger partial charge is 0.191 e. The molecule has 0 amide bonds. The van der Waals surface area contributed by atoms with Gasteiger partial charge in [0.05, 0.1) is 0 Å². The van der Waals surface area contributed by atoms with Crippen LogP contribution >= 0.6 is 0 Å². The van der Waals surface area contributed by atoms with Gasteiger partial charge in [0.15, 0.2) is 5.96 Å². The van der Waals surface area contributed by atoms with Crippen LogP contribution in [0, 0.1) is 11.6 Å². The van der Waals surface area contributed by atoms with Gasteiger partial charge in [-0.3, -0.25) is 4.99 Å². The first kappa shape index (κ1) is 20.4. The van der Waals surface area contributed by atoms with E-state index >= 15 is 0 Å². The van der Waals surface area contributed by atoms with Crippen LogP contribution < -0.4 is 15.5 Å². The number of halogens is 2. The zero-order valence-electron chi connectivity index (χ0n) is 15.7. The predicted octanol–water partition coefficient (Wildman–Crippen LogP) is 2.92. The van der Waals surface area contributed by atoms with Crippen molar-refractivity contribution in [2.24, 2.45) is 4.99 Å². The maximum absolute atomic E-state index is 14.0. The van der Waals surface area contributed by atoms with E-state index in [1.165, 1.54) is 18.2 Å². The molecule has 2 rings (SSSR count). The fraction of sp³-hybridized carbons (Fsp3) is 0.632. The second-order valence-electron chi connectivity index (χ2n) is 6.46. The molecule has 2 N–H and O–H groups in total. The second-order valence-corrected chi connectivity index (χ2v) is 6.46. The van der Waals surface area contributed by atoms with E-state index in [4.69, 9.17) is 4.74 Å². The van der Waals surface area contributed by atoms with Gasteiger partial charge in [-0.05, 0) is 44.7 Å². The highest BCUT2D eigenvalue weighted by Gasteiger charge is 2.27. The molecule has 1 aromatic rings. The van der Waals surface area contributed by atoms with Crippen LogP contribution in [-0.4, -0.2) is 51.9 Å². The number of aliphatic imine (C=N–C) groups is 1. The Kier molecular flexibility index (Phi) is 8.61. The summed E-state index contributed by atoms with van der Waals surface area (Å²) in [4.78, 5) is 6.35. The molecule has 5 nitrogen and oxygen atoms in total. The fourth-order valence-electron chi connectivity index (χ4n) is 3.11. The first-order valence-electron chi connectivity index (χ1n) is 9.38. The number of nitrogens with one attached hydrogen (secondary N) is 2. The van der Waals surface area contributed by atoms with Crippen molar-refractivity contribution in [1.29, 1.82) is 0 Å². The maximum atomic E-state index is 14.0. The van der Waals surface area contributed by atoms with E-state index in [0.29, 0.717) is 13.1 Å². The number of hydrogen-bond acceptors (Lipinski definition) is 3. The maximum Gasteiger partial charge on any atom is 0.191 e. The summed E-state index contributed by atoms with van der Waals surface area (Å²) in [6, 6.07) is 4.10. The number of anilines is 1. The highest BCUT2D eigenvalue weighted by molar-refractivity contribution is 5.80. The van der Waals surface area contributed by atoms with Crippen molar-refractivity contribution >= 4 is 11.6 Å². The van der Waals surface area contributed by atoms with E-state index < -0.39 is 11.6 Å². The number of para-hydroxylation sites is 1. The van der Waals surface area contributed by atoms with Crippen LogP contribution in [0.2, 0.25) is 0 Å². The molecule has 0 aliphatic carbocycles. The molecule has 1 aliphatic rings. The summed E-state index contributed by atoms with van der Waals surface area (Å²) < 4.78 is 33.0. The van der Waals surface area contributed by atoms with Crippen LogP contribution in [0.3, 0.4) is 0 Å². The minimum Gasteiger partial charge on any atom is -0.385 e. The topological polar surface area (TPSA) is 48.9 Å². The second kappa shape index (κ2) is 11.0. The van der Waals surface area contributed by atoms with Gasteiger partial charge in [0.2, 0.25) is 0 Å². The average molecular weight is 368 g/mol. The number of guanidine groups is 1. The van der Waals surface area contributed by atoms with Gasteiger partial charge in [-0.25, -0.2) is 8.78 Å². The molecule has 1 fully saturated rings. The third-order valence-electron chi connectivity index (χ3n) is 4.40. The highest BCUT2D eigenvalue weighted by atomic mass is 19.1. The van der Waals surface area contributed by atoms with Gasteiger partial charge in [-0.2, -0.15) is 0 Å². The van der Waals surface area contributed by atoms with Gasteiger partial charge >= 0.3 is 0 Å². The van der Waals surface area contributed by atoms with Crippen LogP contribution in [0.25, 0.3) is 0 Å². The standard InChI is InChI=1S/C19H30F2N4O/c1-3-22-19(23-11-5-4-6-13-26-2)24-15-10-12-25(14-15)18-16(20)8-7-9-17(18)21/h7-9,15H,3-6,10-14H2,1-2H3,(H2,22,23,24). The van der Waals surface area contributed by atoms with Crippen LogP contribution in [-0.2, 0) is 4.74 Å². The van der Waals surface area contributed by atoms with E-state index in [-0.39, 0.29) is 11.7 Å². The molecule has 1 saturated heterocycles. The fourth-order valence-corrected chi connectivity index (χ4v) is 3.11. The molecule has 0 bridgehead atoms. The van der Waals surface area contributed by atoms with Crippen LogP contribution in [0.15, 0.2) is 23.2 Å². The number of hydrogen-bond donors (Lipinski definition) is 2. The first-order valence-corrected chi connectivity index (χ1v) is 9.38. The lowest BCUT2D eigenvalue weighted by molar-refractivity contribution is 0.192. The van der Waals surface area contributed by atoms with Gasteiger partial charge in [-0.15, -0.1) is 0 Å². The molecule has 1 aliphatic heterocycles. The zero-order valence-corrected chi connectivity index (χ0v) is 15.7. The van der Waals surface area contributed by atoms with Crippen LogP contribution in [0.4, 0.5) is 14.5 Å². The third kappa shape index (κ3) is 6.12. The van der Waals surface area contributed by atoms with Gasteiger partial charge in [-0.1, -0.05) is 6.07 Å². The zero-order chi connectivity index (χ0) is 18.8. The molecule has 146 valence electrons. The van der Waals surface area contributed by atoms with Gasteiger partial charge < -0.3 is 20.3 Å². The molecule has 26 heavy (non-hydrogen) atoms. The van der Waals surface area contributed by atoms with E-state index in [9.17, 15) is 8.78 Å². The van der Waals surface area contributed by atoms with Crippen molar-refractivity contribution < 1.29 is 13.5 Å². The Labute approximate surface area is 154 Å².